The summed E-state index contributed by atoms with van der Waals surface area (Å²) in [6, 6.07) is 7.85. The van der Waals surface area contributed by atoms with Crippen LogP contribution in [-0.2, 0) is 0 Å². The second kappa shape index (κ2) is 4.58. The Labute approximate surface area is 101 Å². The molecule has 1 fully saturated rings. The minimum atomic E-state index is 0.325. The molecule has 0 radical (unpaired) electrons. The molecule has 16 heavy (non-hydrogen) atoms. The molecule has 0 amide bonds. The Morgan fingerprint density at radius 1 is 1.44 bits per heavy atom. The maximum atomic E-state index is 9.43. The Morgan fingerprint density at radius 2 is 2.25 bits per heavy atom. The summed E-state index contributed by atoms with van der Waals surface area (Å²) < 4.78 is 0. The van der Waals surface area contributed by atoms with Gasteiger partial charge >= 0.3 is 0 Å². The molecule has 0 spiro atoms. The van der Waals surface area contributed by atoms with E-state index in [4.69, 9.17) is 0 Å². The first kappa shape index (κ1) is 11.6. The number of hydrogen-bond donors (Lipinski definition) is 2. The monoisotopic (exact) mass is 237 g/mol. The molecule has 0 bridgehead atoms. The molecule has 0 aromatic heterocycles. The van der Waals surface area contributed by atoms with Crippen LogP contribution in [0, 0.1) is 5.41 Å². The lowest BCUT2D eigenvalue weighted by Crippen LogP contribution is -2.41. The van der Waals surface area contributed by atoms with Crippen molar-refractivity contribution in [2.45, 2.75) is 26.3 Å². The van der Waals surface area contributed by atoms with Crippen molar-refractivity contribution in [3.05, 3.63) is 24.3 Å². The van der Waals surface area contributed by atoms with E-state index in [-0.39, 0.29) is 0 Å². The molecule has 1 atom stereocenters. The number of nitrogens with one attached hydrogen (secondary N) is 1. The van der Waals surface area contributed by atoms with Gasteiger partial charge in [-0.25, -0.2) is 0 Å². The number of thioether (sulfide) groups is 1. The van der Waals surface area contributed by atoms with Crippen molar-refractivity contribution in [3.63, 3.8) is 0 Å². The van der Waals surface area contributed by atoms with Crippen LogP contribution in [0.25, 0.3) is 0 Å². The van der Waals surface area contributed by atoms with Crippen LogP contribution >= 0.6 is 11.8 Å². The first-order chi connectivity index (χ1) is 7.58. The fourth-order valence-corrected chi connectivity index (χ4v) is 3.58. The highest BCUT2D eigenvalue weighted by Crippen LogP contribution is 2.36. The predicted molar refractivity (Wildman–Crippen MR) is 71.2 cm³/mol. The van der Waals surface area contributed by atoms with Gasteiger partial charge in [0.1, 0.15) is 5.75 Å². The van der Waals surface area contributed by atoms with E-state index in [1.807, 2.05) is 23.9 Å². The van der Waals surface area contributed by atoms with E-state index in [9.17, 15) is 5.11 Å². The lowest BCUT2D eigenvalue weighted by atomic mass is 9.82. The van der Waals surface area contributed by atoms with Crippen molar-refractivity contribution in [1.82, 2.24) is 0 Å². The van der Waals surface area contributed by atoms with Crippen molar-refractivity contribution in [2.75, 3.05) is 16.8 Å². The maximum absolute atomic E-state index is 9.43. The molecule has 0 aliphatic carbocycles. The van der Waals surface area contributed by atoms with Gasteiger partial charge in [0, 0.05) is 23.5 Å². The summed E-state index contributed by atoms with van der Waals surface area (Å²) in [7, 11) is 0. The largest absolute Gasteiger partial charge is 0.508 e. The summed E-state index contributed by atoms with van der Waals surface area (Å²) in [5.74, 6) is 2.72. The Kier molecular flexibility index (Phi) is 3.33. The number of aromatic hydroxyl groups is 1. The van der Waals surface area contributed by atoms with Crippen molar-refractivity contribution >= 4 is 17.4 Å². The van der Waals surface area contributed by atoms with Gasteiger partial charge in [0.25, 0.3) is 0 Å². The predicted octanol–water partition coefficient (Wildman–Crippen LogP) is 3.34. The number of benzene rings is 1. The molecule has 2 N–H and O–H groups in total. The lowest BCUT2D eigenvalue weighted by Gasteiger charge is -2.39. The molecule has 0 saturated carbocycles. The zero-order valence-corrected chi connectivity index (χ0v) is 10.7. The summed E-state index contributed by atoms with van der Waals surface area (Å²) >= 11 is 2.00. The SMILES string of the molecule is CC1(C)CCSCC1Nc1cccc(O)c1. The fourth-order valence-electron chi connectivity index (χ4n) is 1.97. The van der Waals surface area contributed by atoms with Gasteiger partial charge in [0.05, 0.1) is 0 Å². The standard InChI is InChI=1S/C13H19NOS/c1-13(2)6-7-16-9-12(13)14-10-4-3-5-11(15)8-10/h3-5,8,12,14-15H,6-7,9H2,1-2H3. The van der Waals surface area contributed by atoms with Gasteiger partial charge in [-0.3, -0.25) is 0 Å². The van der Waals surface area contributed by atoms with Gasteiger partial charge in [-0.15, -0.1) is 0 Å². The van der Waals surface area contributed by atoms with E-state index in [0.29, 0.717) is 17.2 Å². The summed E-state index contributed by atoms with van der Waals surface area (Å²) in [6.45, 7) is 4.63. The molecular weight excluding hydrogens is 218 g/mol. The Balaban J connectivity index is 2.08. The number of phenols is 1. The van der Waals surface area contributed by atoms with Crippen LogP contribution in [0.3, 0.4) is 0 Å². The van der Waals surface area contributed by atoms with Crippen LogP contribution in [0.15, 0.2) is 24.3 Å². The molecule has 88 valence electrons. The second-order valence-electron chi connectivity index (χ2n) is 5.06. The zero-order chi connectivity index (χ0) is 11.6. The van der Waals surface area contributed by atoms with Crippen LogP contribution in [0.4, 0.5) is 5.69 Å². The zero-order valence-electron chi connectivity index (χ0n) is 9.86. The molecule has 3 heteroatoms. The number of anilines is 1. The summed E-state index contributed by atoms with van der Waals surface area (Å²) in [5, 5.41) is 13.0. The van der Waals surface area contributed by atoms with Gasteiger partial charge in [-0.1, -0.05) is 19.9 Å². The van der Waals surface area contributed by atoms with Gasteiger partial charge in [-0.05, 0) is 29.7 Å². The number of rotatable bonds is 2. The van der Waals surface area contributed by atoms with E-state index >= 15 is 0 Å². The number of phenolic OH excluding ortho intramolecular Hbond substituents is 1. The topological polar surface area (TPSA) is 32.3 Å². The summed E-state index contributed by atoms with van der Waals surface area (Å²) in [5.41, 5.74) is 1.34. The molecule has 2 rings (SSSR count). The van der Waals surface area contributed by atoms with E-state index in [2.05, 4.69) is 19.2 Å². The van der Waals surface area contributed by atoms with Crippen molar-refractivity contribution < 1.29 is 5.11 Å². The lowest BCUT2D eigenvalue weighted by molar-refractivity contribution is 0.305. The van der Waals surface area contributed by atoms with Crippen molar-refractivity contribution in [3.8, 4) is 5.75 Å². The first-order valence-electron chi connectivity index (χ1n) is 5.71. The Morgan fingerprint density at radius 3 is 2.94 bits per heavy atom. The highest BCUT2D eigenvalue weighted by Gasteiger charge is 2.32. The third-order valence-corrected chi connectivity index (χ3v) is 4.37. The van der Waals surface area contributed by atoms with E-state index in [1.165, 1.54) is 12.2 Å². The Bertz CT molecular complexity index is 365. The molecule has 1 aliphatic rings. The minimum absolute atomic E-state index is 0.325. The molecule has 1 aromatic carbocycles. The van der Waals surface area contributed by atoms with Crippen LogP contribution in [0.1, 0.15) is 20.3 Å². The summed E-state index contributed by atoms with van der Waals surface area (Å²) in [4.78, 5) is 0. The van der Waals surface area contributed by atoms with Crippen LogP contribution in [0.2, 0.25) is 0 Å². The maximum Gasteiger partial charge on any atom is 0.117 e. The molecule has 1 unspecified atom stereocenters. The Hall–Kier alpha value is -0.830. The quantitative estimate of drug-likeness (QED) is 0.827. The second-order valence-corrected chi connectivity index (χ2v) is 6.21. The first-order valence-corrected chi connectivity index (χ1v) is 6.87. The molecular formula is C13H19NOS. The average Bonchev–Trinajstić information content (AvgIpc) is 2.21. The van der Waals surface area contributed by atoms with Crippen LogP contribution in [0.5, 0.6) is 5.75 Å². The molecule has 1 saturated heterocycles. The number of hydrogen-bond acceptors (Lipinski definition) is 3. The van der Waals surface area contributed by atoms with Gasteiger partial charge in [0.15, 0.2) is 0 Å². The molecule has 1 aromatic rings. The van der Waals surface area contributed by atoms with E-state index < -0.39 is 0 Å². The third kappa shape index (κ3) is 2.64. The minimum Gasteiger partial charge on any atom is -0.508 e. The highest BCUT2D eigenvalue weighted by atomic mass is 32.2. The smallest absolute Gasteiger partial charge is 0.117 e. The van der Waals surface area contributed by atoms with Crippen LogP contribution in [-0.4, -0.2) is 22.7 Å². The van der Waals surface area contributed by atoms with E-state index in [0.717, 1.165) is 11.4 Å². The summed E-state index contributed by atoms with van der Waals surface area (Å²) in [6.07, 6.45) is 1.24. The molecule has 1 aliphatic heterocycles. The average molecular weight is 237 g/mol. The molecule has 2 nitrogen and oxygen atoms in total. The third-order valence-electron chi connectivity index (χ3n) is 3.31. The van der Waals surface area contributed by atoms with Crippen molar-refractivity contribution in [1.29, 1.82) is 0 Å². The molecule has 1 heterocycles. The van der Waals surface area contributed by atoms with E-state index in [1.54, 1.807) is 12.1 Å². The van der Waals surface area contributed by atoms with Gasteiger partial charge in [0.2, 0.25) is 0 Å². The van der Waals surface area contributed by atoms with Gasteiger partial charge < -0.3 is 10.4 Å². The van der Waals surface area contributed by atoms with Gasteiger partial charge in [-0.2, -0.15) is 11.8 Å². The fraction of sp³-hybridized carbons (Fsp3) is 0.538. The normalized spacial score (nSPS) is 24.0. The highest BCUT2D eigenvalue weighted by molar-refractivity contribution is 7.99. The van der Waals surface area contributed by atoms with Crippen LogP contribution < -0.4 is 5.32 Å². The van der Waals surface area contributed by atoms with Crippen molar-refractivity contribution in [2.24, 2.45) is 5.41 Å².